The Morgan fingerprint density at radius 2 is 2.15 bits per heavy atom. The zero-order chi connectivity index (χ0) is 19.0. The van der Waals surface area contributed by atoms with Crippen molar-refractivity contribution in [1.29, 1.82) is 5.26 Å². The fourth-order valence-corrected chi connectivity index (χ4v) is 4.38. The van der Waals surface area contributed by atoms with Crippen molar-refractivity contribution in [3.63, 3.8) is 0 Å². The molecule has 0 atom stereocenters. The number of aryl methyl sites for hydroxylation is 1. The quantitative estimate of drug-likeness (QED) is 0.898. The van der Waals surface area contributed by atoms with Gasteiger partial charge < -0.3 is 10.2 Å². The molecule has 26 heavy (non-hydrogen) atoms. The van der Waals surface area contributed by atoms with Gasteiger partial charge in [0.1, 0.15) is 11.1 Å². The number of nitriles is 1. The summed E-state index contributed by atoms with van der Waals surface area (Å²) in [6.45, 7) is 8.54. The zero-order valence-corrected chi connectivity index (χ0v) is 16.1. The molecule has 1 aliphatic heterocycles. The molecule has 0 bridgehead atoms. The maximum Gasteiger partial charge on any atom is 0.276 e. The molecule has 3 heterocycles. The fourth-order valence-electron chi connectivity index (χ4n) is 3.17. The van der Waals surface area contributed by atoms with Crippen LogP contribution in [0.15, 0.2) is 6.07 Å². The van der Waals surface area contributed by atoms with Gasteiger partial charge in [0.25, 0.3) is 5.91 Å². The minimum Gasteiger partial charge on any atom is -0.337 e. The highest BCUT2D eigenvalue weighted by atomic mass is 32.1. The molecule has 2 aromatic heterocycles. The van der Waals surface area contributed by atoms with Crippen LogP contribution in [-0.2, 0) is 17.8 Å². The van der Waals surface area contributed by atoms with Crippen LogP contribution in [0.3, 0.4) is 0 Å². The molecular weight excluding hydrogens is 350 g/mol. The molecule has 136 valence electrons. The Kier molecular flexibility index (Phi) is 4.83. The summed E-state index contributed by atoms with van der Waals surface area (Å²) in [5.74, 6) is -0.311. The van der Waals surface area contributed by atoms with Gasteiger partial charge in [-0.2, -0.15) is 10.4 Å². The first-order valence-corrected chi connectivity index (χ1v) is 9.31. The molecule has 3 rings (SSSR count). The largest absolute Gasteiger partial charge is 0.337 e. The highest BCUT2D eigenvalue weighted by molar-refractivity contribution is 7.16. The summed E-state index contributed by atoms with van der Waals surface area (Å²) in [6, 6.07) is 4.11. The van der Waals surface area contributed by atoms with Gasteiger partial charge in [-0.25, -0.2) is 0 Å². The van der Waals surface area contributed by atoms with E-state index in [1.807, 2.05) is 20.8 Å². The Bertz CT molecular complexity index is 919. The minimum absolute atomic E-state index is 0.0165. The topological polar surface area (TPSA) is 91.0 Å². The van der Waals surface area contributed by atoms with Gasteiger partial charge in [0, 0.05) is 30.1 Å². The standard InChI is InChI=1S/C18H21N5O2S/c1-10(2)23-11(3)7-15(21-23)17(25)20-18-14(8-19)13-5-6-22(12(4)24)9-16(13)26-18/h7,10H,5-6,9H2,1-4H3,(H,20,25). The van der Waals surface area contributed by atoms with Gasteiger partial charge >= 0.3 is 0 Å². The highest BCUT2D eigenvalue weighted by Crippen LogP contribution is 2.36. The van der Waals surface area contributed by atoms with Crippen LogP contribution in [0.4, 0.5) is 5.00 Å². The average Bonchev–Trinajstić information content (AvgIpc) is 3.13. The number of anilines is 1. The number of hydrogen-bond acceptors (Lipinski definition) is 5. The number of rotatable bonds is 3. The first-order chi connectivity index (χ1) is 12.3. The second-order valence-electron chi connectivity index (χ2n) is 6.67. The first kappa shape index (κ1) is 18.1. The number of carbonyl (C=O) groups is 2. The number of nitrogens with zero attached hydrogens (tertiary/aromatic N) is 4. The average molecular weight is 371 g/mol. The predicted octanol–water partition coefficient (Wildman–Crippen LogP) is 2.86. The van der Waals surface area contributed by atoms with Crippen LogP contribution in [0.2, 0.25) is 0 Å². The molecule has 0 saturated carbocycles. The summed E-state index contributed by atoms with van der Waals surface area (Å²) in [5.41, 5.74) is 2.68. The van der Waals surface area contributed by atoms with Crippen molar-refractivity contribution < 1.29 is 9.59 Å². The lowest BCUT2D eigenvalue weighted by molar-refractivity contribution is -0.129. The highest BCUT2D eigenvalue weighted by Gasteiger charge is 2.27. The molecule has 0 saturated heterocycles. The van der Waals surface area contributed by atoms with Crippen LogP contribution in [0, 0.1) is 18.3 Å². The SMILES string of the molecule is CC(=O)N1CCc2c(sc(NC(=O)c3cc(C)n(C(C)C)n3)c2C#N)C1. The van der Waals surface area contributed by atoms with Crippen LogP contribution < -0.4 is 5.32 Å². The number of hydrogen-bond donors (Lipinski definition) is 1. The molecule has 8 heteroatoms. The van der Waals surface area contributed by atoms with Crippen molar-refractivity contribution in [3.8, 4) is 6.07 Å². The monoisotopic (exact) mass is 371 g/mol. The number of fused-ring (bicyclic) bond motifs is 1. The number of carbonyl (C=O) groups excluding carboxylic acids is 2. The molecule has 0 spiro atoms. The van der Waals surface area contributed by atoms with E-state index in [4.69, 9.17) is 0 Å². The third-order valence-corrected chi connectivity index (χ3v) is 5.62. The van der Waals surface area contributed by atoms with Gasteiger partial charge in [0.05, 0.1) is 12.1 Å². The maximum atomic E-state index is 12.6. The van der Waals surface area contributed by atoms with Crippen LogP contribution in [0.1, 0.15) is 59.0 Å². The molecule has 0 fully saturated rings. The predicted molar refractivity (Wildman–Crippen MR) is 99.1 cm³/mol. The van der Waals surface area contributed by atoms with Crippen molar-refractivity contribution >= 4 is 28.2 Å². The van der Waals surface area contributed by atoms with Gasteiger partial charge in [-0.05, 0) is 38.8 Å². The molecule has 0 aromatic carbocycles. The lowest BCUT2D eigenvalue weighted by atomic mass is 10.0. The molecule has 2 amide bonds. The second kappa shape index (κ2) is 6.92. The number of amides is 2. The molecule has 0 aliphatic carbocycles. The van der Waals surface area contributed by atoms with Gasteiger partial charge in [0.2, 0.25) is 5.91 Å². The van der Waals surface area contributed by atoms with E-state index >= 15 is 0 Å². The third-order valence-electron chi connectivity index (χ3n) is 4.49. The Morgan fingerprint density at radius 3 is 2.73 bits per heavy atom. The van der Waals surface area contributed by atoms with Crippen molar-refractivity contribution in [2.45, 2.75) is 46.7 Å². The molecule has 0 unspecified atom stereocenters. The Labute approximate surface area is 156 Å². The maximum absolute atomic E-state index is 12.6. The van der Waals surface area contributed by atoms with Crippen LogP contribution >= 0.6 is 11.3 Å². The molecule has 1 aliphatic rings. The van der Waals surface area contributed by atoms with Crippen molar-refractivity contribution in [2.75, 3.05) is 11.9 Å². The van der Waals surface area contributed by atoms with Crippen LogP contribution in [-0.4, -0.2) is 33.0 Å². The Morgan fingerprint density at radius 1 is 1.42 bits per heavy atom. The Hall–Kier alpha value is -2.66. The van der Waals surface area contributed by atoms with Crippen LogP contribution in [0.5, 0.6) is 0 Å². The second-order valence-corrected chi connectivity index (χ2v) is 7.78. The minimum atomic E-state index is -0.328. The summed E-state index contributed by atoms with van der Waals surface area (Å²) >= 11 is 1.37. The smallest absolute Gasteiger partial charge is 0.276 e. The van der Waals surface area contributed by atoms with E-state index in [2.05, 4.69) is 16.5 Å². The van der Waals surface area contributed by atoms with E-state index in [0.29, 0.717) is 35.8 Å². The van der Waals surface area contributed by atoms with Crippen LogP contribution in [0.25, 0.3) is 0 Å². The van der Waals surface area contributed by atoms with Crippen molar-refractivity contribution in [1.82, 2.24) is 14.7 Å². The third kappa shape index (κ3) is 3.22. The lowest BCUT2D eigenvalue weighted by Gasteiger charge is -2.25. The first-order valence-electron chi connectivity index (χ1n) is 8.49. The molecule has 2 aromatic rings. The van der Waals surface area contributed by atoms with E-state index in [9.17, 15) is 14.9 Å². The summed E-state index contributed by atoms with van der Waals surface area (Å²) in [6.07, 6.45) is 0.630. The summed E-state index contributed by atoms with van der Waals surface area (Å²) < 4.78 is 1.80. The van der Waals surface area contributed by atoms with E-state index in [1.54, 1.807) is 22.6 Å². The van der Waals surface area contributed by atoms with Gasteiger partial charge in [-0.1, -0.05) is 0 Å². The molecule has 1 N–H and O–H groups in total. The summed E-state index contributed by atoms with van der Waals surface area (Å²) in [7, 11) is 0. The normalized spacial score (nSPS) is 13.5. The van der Waals surface area contributed by atoms with Gasteiger partial charge in [0.15, 0.2) is 5.69 Å². The lowest BCUT2D eigenvalue weighted by Crippen LogP contribution is -2.33. The van der Waals surface area contributed by atoms with E-state index in [1.165, 1.54) is 11.3 Å². The fraction of sp³-hybridized carbons (Fsp3) is 0.444. The molecule has 7 nitrogen and oxygen atoms in total. The van der Waals surface area contributed by atoms with E-state index in [-0.39, 0.29) is 17.9 Å². The Balaban J connectivity index is 1.87. The summed E-state index contributed by atoms with van der Waals surface area (Å²) in [4.78, 5) is 26.9. The van der Waals surface area contributed by atoms with Gasteiger partial charge in [-0.15, -0.1) is 11.3 Å². The number of nitrogens with one attached hydrogen (secondary N) is 1. The van der Waals surface area contributed by atoms with E-state index in [0.717, 1.165) is 16.1 Å². The van der Waals surface area contributed by atoms with E-state index < -0.39 is 0 Å². The number of aromatic nitrogens is 2. The van der Waals surface area contributed by atoms with Gasteiger partial charge in [-0.3, -0.25) is 14.3 Å². The number of thiophene rings is 1. The van der Waals surface area contributed by atoms with Crippen molar-refractivity contribution in [2.24, 2.45) is 0 Å². The van der Waals surface area contributed by atoms with Crippen molar-refractivity contribution in [3.05, 3.63) is 33.5 Å². The molecule has 0 radical (unpaired) electrons. The zero-order valence-electron chi connectivity index (χ0n) is 15.3. The molecular formula is C18H21N5O2S. The summed E-state index contributed by atoms with van der Waals surface area (Å²) in [5, 5.41) is 17.3.